The SMILES string of the molecule is O=C(Cc1ccc(O)cc1)NCC(=O)NC1CCC(NC(=O)c2cc(F)cnc2Oc2ccc(F)cc2)CC1. The van der Waals surface area contributed by atoms with E-state index in [0.29, 0.717) is 31.2 Å². The van der Waals surface area contributed by atoms with Crippen LogP contribution in [-0.2, 0) is 16.0 Å². The van der Waals surface area contributed by atoms with Crippen molar-refractivity contribution >= 4 is 17.7 Å². The highest BCUT2D eigenvalue weighted by atomic mass is 19.1. The number of phenols is 1. The normalized spacial score (nSPS) is 16.7. The Bertz CT molecular complexity index is 1310. The number of halogens is 2. The molecule has 1 aliphatic carbocycles. The van der Waals surface area contributed by atoms with Crippen LogP contribution >= 0.6 is 0 Å². The van der Waals surface area contributed by atoms with E-state index in [1.54, 1.807) is 12.1 Å². The molecule has 0 unspecified atom stereocenters. The Labute approximate surface area is 223 Å². The van der Waals surface area contributed by atoms with E-state index in [1.165, 1.54) is 36.4 Å². The molecule has 3 amide bonds. The van der Waals surface area contributed by atoms with E-state index in [2.05, 4.69) is 20.9 Å². The Morgan fingerprint density at radius 1 is 0.872 bits per heavy atom. The van der Waals surface area contributed by atoms with Crippen LogP contribution < -0.4 is 20.7 Å². The summed E-state index contributed by atoms with van der Waals surface area (Å²) in [5.74, 6) is -2.07. The number of ether oxygens (including phenoxy) is 1. The highest BCUT2D eigenvalue weighted by Gasteiger charge is 2.25. The molecule has 1 aliphatic rings. The minimum atomic E-state index is -0.701. The summed E-state index contributed by atoms with van der Waals surface area (Å²) in [7, 11) is 0. The van der Waals surface area contributed by atoms with E-state index >= 15 is 0 Å². The number of carbonyl (C=O) groups excluding carboxylic acids is 3. The Hall–Kier alpha value is -4.54. The number of nitrogens with one attached hydrogen (secondary N) is 3. The number of hydrogen-bond acceptors (Lipinski definition) is 6. The largest absolute Gasteiger partial charge is 0.508 e. The zero-order chi connectivity index (χ0) is 27.8. The Morgan fingerprint density at radius 3 is 2.18 bits per heavy atom. The van der Waals surface area contributed by atoms with Crippen LogP contribution in [0.25, 0.3) is 0 Å². The molecule has 0 saturated heterocycles. The van der Waals surface area contributed by atoms with Crippen LogP contribution in [0.2, 0.25) is 0 Å². The van der Waals surface area contributed by atoms with Crippen LogP contribution in [0.3, 0.4) is 0 Å². The van der Waals surface area contributed by atoms with Crippen molar-refractivity contribution in [1.82, 2.24) is 20.9 Å². The number of aromatic nitrogens is 1. The molecule has 0 bridgehead atoms. The standard InChI is InChI=1S/C28H28F2N4O5/c29-18-3-11-23(12-4-18)39-28-24(14-19(30)15-32-28)27(38)34-21-7-5-20(6-8-21)33-26(37)16-31-25(36)13-17-1-9-22(35)10-2-17/h1-4,9-12,14-15,20-21,35H,5-8,13,16H2,(H,31,36)(H,33,37)(H,34,38). The summed E-state index contributed by atoms with van der Waals surface area (Å²) in [5, 5.41) is 17.6. The first-order valence-corrected chi connectivity index (χ1v) is 12.5. The van der Waals surface area contributed by atoms with E-state index in [4.69, 9.17) is 4.74 Å². The van der Waals surface area contributed by atoms with Crippen molar-refractivity contribution in [2.24, 2.45) is 0 Å². The molecule has 1 saturated carbocycles. The van der Waals surface area contributed by atoms with Crippen LogP contribution in [0.1, 0.15) is 41.6 Å². The van der Waals surface area contributed by atoms with Crippen molar-refractivity contribution in [1.29, 1.82) is 0 Å². The third-order valence-corrected chi connectivity index (χ3v) is 6.27. The van der Waals surface area contributed by atoms with Gasteiger partial charge in [-0.25, -0.2) is 13.8 Å². The summed E-state index contributed by atoms with van der Waals surface area (Å²) in [5.41, 5.74) is 0.632. The number of benzene rings is 2. The molecule has 0 spiro atoms. The zero-order valence-corrected chi connectivity index (χ0v) is 21.0. The molecule has 2 aromatic carbocycles. The quantitative estimate of drug-likeness (QED) is 0.331. The zero-order valence-electron chi connectivity index (χ0n) is 21.0. The van der Waals surface area contributed by atoms with Crippen molar-refractivity contribution in [2.75, 3.05) is 6.54 Å². The fourth-order valence-electron chi connectivity index (χ4n) is 4.25. The van der Waals surface area contributed by atoms with E-state index in [0.717, 1.165) is 12.3 Å². The second-order valence-electron chi connectivity index (χ2n) is 9.27. The monoisotopic (exact) mass is 538 g/mol. The molecule has 39 heavy (non-hydrogen) atoms. The number of rotatable bonds is 9. The van der Waals surface area contributed by atoms with Gasteiger partial charge < -0.3 is 25.8 Å². The van der Waals surface area contributed by atoms with Crippen molar-refractivity contribution in [2.45, 2.75) is 44.2 Å². The molecule has 1 fully saturated rings. The van der Waals surface area contributed by atoms with E-state index in [9.17, 15) is 28.3 Å². The number of carbonyl (C=O) groups is 3. The third-order valence-electron chi connectivity index (χ3n) is 6.27. The minimum Gasteiger partial charge on any atom is -0.508 e. The minimum absolute atomic E-state index is 0.0854. The number of pyridine rings is 1. The smallest absolute Gasteiger partial charge is 0.257 e. The number of hydrogen-bond donors (Lipinski definition) is 4. The van der Waals surface area contributed by atoms with Gasteiger partial charge in [0.2, 0.25) is 17.7 Å². The van der Waals surface area contributed by atoms with Gasteiger partial charge in [0.1, 0.15) is 28.7 Å². The first-order chi connectivity index (χ1) is 18.7. The number of aromatic hydroxyl groups is 1. The van der Waals surface area contributed by atoms with Crippen LogP contribution in [-0.4, -0.2) is 46.4 Å². The molecule has 4 N–H and O–H groups in total. The summed E-state index contributed by atoms with van der Waals surface area (Å²) in [6.07, 6.45) is 3.41. The van der Waals surface area contributed by atoms with Gasteiger partial charge in [-0.3, -0.25) is 14.4 Å². The lowest BCUT2D eigenvalue weighted by atomic mass is 9.91. The van der Waals surface area contributed by atoms with Crippen molar-refractivity contribution in [3.63, 3.8) is 0 Å². The summed E-state index contributed by atoms with van der Waals surface area (Å²) < 4.78 is 32.6. The third kappa shape index (κ3) is 8.22. The van der Waals surface area contributed by atoms with Gasteiger partial charge in [0.15, 0.2) is 0 Å². The maximum Gasteiger partial charge on any atom is 0.257 e. The molecule has 0 atom stereocenters. The van der Waals surface area contributed by atoms with Gasteiger partial charge in [-0.2, -0.15) is 0 Å². The van der Waals surface area contributed by atoms with Gasteiger partial charge >= 0.3 is 0 Å². The number of phenolic OH excluding ortho intramolecular Hbond substituents is 1. The molecule has 204 valence electrons. The van der Waals surface area contributed by atoms with Gasteiger partial charge in [0, 0.05) is 12.1 Å². The molecule has 11 heteroatoms. The molecule has 3 aromatic rings. The predicted molar refractivity (Wildman–Crippen MR) is 137 cm³/mol. The van der Waals surface area contributed by atoms with Gasteiger partial charge in [-0.15, -0.1) is 0 Å². The number of nitrogens with zero attached hydrogens (tertiary/aromatic N) is 1. The lowest BCUT2D eigenvalue weighted by Gasteiger charge is -2.29. The first kappa shape index (κ1) is 27.5. The van der Waals surface area contributed by atoms with Crippen molar-refractivity contribution in [3.8, 4) is 17.4 Å². The van der Waals surface area contributed by atoms with E-state index < -0.39 is 17.5 Å². The van der Waals surface area contributed by atoms with E-state index in [-0.39, 0.29) is 59.8 Å². The molecular formula is C28H28F2N4O5. The van der Waals surface area contributed by atoms with Crippen molar-refractivity contribution in [3.05, 3.63) is 83.6 Å². The molecule has 1 aromatic heterocycles. The average molecular weight is 539 g/mol. The highest BCUT2D eigenvalue weighted by Crippen LogP contribution is 2.25. The van der Waals surface area contributed by atoms with E-state index in [1.807, 2.05) is 0 Å². The van der Waals surface area contributed by atoms with Gasteiger partial charge in [-0.1, -0.05) is 12.1 Å². The molecule has 0 aliphatic heterocycles. The highest BCUT2D eigenvalue weighted by molar-refractivity contribution is 5.96. The fourth-order valence-corrected chi connectivity index (χ4v) is 4.25. The molecular weight excluding hydrogens is 510 g/mol. The summed E-state index contributed by atoms with van der Waals surface area (Å²) in [6.45, 7) is -0.156. The van der Waals surface area contributed by atoms with Gasteiger partial charge in [0.25, 0.3) is 5.91 Å². The van der Waals surface area contributed by atoms with Gasteiger partial charge in [-0.05, 0) is 73.7 Å². The van der Waals surface area contributed by atoms with Crippen LogP contribution in [0.4, 0.5) is 8.78 Å². The molecule has 0 radical (unpaired) electrons. The van der Waals surface area contributed by atoms with Gasteiger partial charge in [0.05, 0.1) is 19.2 Å². The molecule has 1 heterocycles. The molecule has 4 rings (SSSR count). The van der Waals surface area contributed by atoms with Crippen LogP contribution in [0.5, 0.6) is 17.4 Å². The average Bonchev–Trinajstić information content (AvgIpc) is 2.92. The lowest BCUT2D eigenvalue weighted by molar-refractivity contribution is -0.126. The Balaban J connectivity index is 1.22. The summed E-state index contributed by atoms with van der Waals surface area (Å²) >= 11 is 0. The van der Waals surface area contributed by atoms with Crippen molar-refractivity contribution < 1.29 is 33.0 Å². The second-order valence-corrected chi connectivity index (χ2v) is 9.27. The first-order valence-electron chi connectivity index (χ1n) is 12.5. The Morgan fingerprint density at radius 2 is 1.51 bits per heavy atom. The second kappa shape index (κ2) is 12.8. The maximum atomic E-state index is 13.9. The van der Waals surface area contributed by atoms with Crippen LogP contribution in [0, 0.1) is 11.6 Å². The maximum absolute atomic E-state index is 13.9. The summed E-state index contributed by atoms with van der Waals surface area (Å²) in [6, 6.07) is 12.1. The summed E-state index contributed by atoms with van der Waals surface area (Å²) in [4.78, 5) is 41.1. The van der Waals surface area contributed by atoms with Crippen LogP contribution in [0.15, 0.2) is 60.8 Å². The topological polar surface area (TPSA) is 130 Å². The predicted octanol–water partition coefficient (Wildman–Crippen LogP) is 3.37. The Kier molecular flexibility index (Phi) is 9.03. The fraction of sp³-hybridized carbons (Fsp3) is 0.286. The number of amides is 3. The molecule has 9 nitrogen and oxygen atoms in total. The lowest BCUT2D eigenvalue weighted by Crippen LogP contribution is -2.46.